The monoisotopic (exact) mass is 247 g/mol. The summed E-state index contributed by atoms with van der Waals surface area (Å²) < 4.78 is 7.11. The number of carbonyl (C=O) groups excluding carboxylic acids is 1. The van der Waals surface area contributed by atoms with Gasteiger partial charge in [0.25, 0.3) is 0 Å². The molecule has 0 saturated heterocycles. The number of imidazole rings is 1. The summed E-state index contributed by atoms with van der Waals surface area (Å²) in [4.78, 5) is 16.0. The van der Waals surface area contributed by atoms with Gasteiger partial charge in [-0.05, 0) is 32.9 Å². The van der Waals surface area contributed by atoms with E-state index < -0.39 is 11.7 Å². The highest BCUT2D eigenvalue weighted by Gasteiger charge is 2.17. The first-order valence-electron chi connectivity index (χ1n) is 5.77. The lowest BCUT2D eigenvalue weighted by molar-refractivity contribution is 0.0636. The molecule has 0 aliphatic carbocycles. The standard InChI is InChI=1S/C13H17N3O2/c1-13(2,3)18-12(17)15-9-6-5-7-10-11(9)14-8-16(10)4/h5-8H,1-4H3,(H,15,17). The molecule has 0 unspecified atom stereocenters. The Morgan fingerprint density at radius 1 is 1.39 bits per heavy atom. The first-order chi connectivity index (χ1) is 8.37. The van der Waals surface area contributed by atoms with Crippen molar-refractivity contribution in [3.63, 3.8) is 0 Å². The average Bonchev–Trinajstić information content (AvgIpc) is 2.59. The first-order valence-corrected chi connectivity index (χ1v) is 5.77. The second-order valence-corrected chi connectivity index (χ2v) is 5.16. The fourth-order valence-corrected chi connectivity index (χ4v) is 1.67. The number of anilines is 1. The predicted molar refractivity (Wildman–Crippen MR) is 70.6 cm³/mol. The van der Waals surface area contributed by atoms with Crippen molar-refractivity contribution in [1.29, 1.82) is 0 Å². The maximum Gasteiger partial charge on any atom is 0.412 e. The van der Waals surface area contributed by atoms with Crippen LogP contribution in [0.15, 0.2) is 24.5 Å². The van der Waals surface area contributed by atoms with Gasteiger partial charge in [0.15, 0.2) is 0 Å². The number of aromatic nitrogens is 2. The smallest absolute Gasteiger partial charge is 0.412 e. The molecule has 5 heteroatoms. The van der Waals surface area contributed by atoms with E-state index in [0.717, 1.165) is 11.0 Å². The number of fused-ring (bicyclic) bond motifs is 1. The van der Waals surface area contributed by atoms with Crippen molar-refractivity contribution in [2.24, 2.45) is 7.05 Å². The molecule has 0 fully saturated rings. The Bertz CT molecular complexity index is 581. The molecule has 1 N–H and O–H groups in total. The molecule has 1 aromatic carbocycles. The topological polar surface area (TPSA) is 56.2 Å². The molecule has 0 atom stereocenters. The van der Waals surface area contributed by atoms with Crippen molar-refractivity contribution < 1.29 is 9.53 Å². The summed E-state index contributed by atoms with van der Waals surface area (Å²) >= 11 is 0. The lowest BCUT2D eigenvalue weighted by Crippen LogP contribution is -2.27. The van der Waals surface area contributed by atoms with Crippen LogP contribution in [0.3, 0.4) is 0 Å². The van der Waals surface area contributed by atoms with Gasteiger partial charge in [0, 0.05) is 7.05 Å². The van der Waals surface area contributed by atoms with E-state index in [0.29, 0.717) is 5.69 Å². The van der Waals surface area contributed by atoms with Crippen LogP contribution in [0.4, 0.5) is 10.5 Å². The lowest BCUT2D eigenvalue weighted by Gasteiger charge is -2.19. The number of nitrogens with zero attached hydrogens (tertiary/aromatic N) is 2. The predicted octanol–water partition coefficient (Wildman–Crippen LogP) is 2.92. The van der Waals surface area contributed by atoms with Gasteiger partial charge in [-0.3, -0.25) is 5.32 Å². The van der Waals surface area contributed by atoms with Gasteiger partial charge in [0.2, 0.25) is 0 Å². The van der Waals surface area contributed by atoms with Crippen molar-refractivity contribution in [2.45, 2.75) is 26.4 Å². The molecule has 2 rings (SSSR count). The Labute approximate surface area is 106 Å². The van der Waals surface area contributed by atoms with Crippen LogP contribution in [0.1, 0.15) is 20.8 Å². The van der Waals surface area contributed by atoms with Crippen LogP contribution in [-0.4, -0.2) is 21.2 Å². The molecule has 0 aliphatic heterocycles. The van der Waals surface area contributed by atoms with Crippen LogP contribution in [0, 0.1) is 0 Å². The normalized spacial score (nSPS) is 11.6. The second kappa shape index (κ2) is 4.33. The molecule has 2 aromatic rings. The minimum atomic E-state index is -0.512. The number of nitrogens with one attached hydrogen (secondary N) is 1. The molecule has 0 bridgehead atoms. The van der Waals surface area contributed by atoms with E-state index in [9.17, 15) is 4.79 Å². The van der Waals surface area contributed by atoms with Gasteiger partial charge in [-0.1, -0.05) is 6.07 Å². The number of ether oxygens (including phenoxy) is 1. The molecule has 0 aliphatic rings. The zero-order valence-electron chi connectivity index (χ0n) is 11.0. The Morgan fingerprint density at radius 3 is 2.78 bits per heavy atom. The SMILES string of the molecule is Cn1cnc2c(NC(=O)OC(C)(C)C)cccc21. The summed E-state index contributed by atoms with van der Waals surface area (Å²) in [6.45, 7) is 5.48. The second-order valence-electron chi connectivity index (χ2n) is 5.16. The fraction of sp³-hybridized carbons (Fsp3) is 0.385. The number of amides is 1. The van der Waals surface area contributed by atoms with E-state index in [1.54, 1.807) is 12.4 Å². The Morgan fingerprint density at radius 2 is 2.11 bits per heavy atom. The molecule has 1 aromatic heterocycles. The number of para-hydroxylation sites is 1. The summed E-state index contributed by atoms with van der Waals surface area (Å²) in [6.07, 6.45) is 1.24. The molecule has 1 heterocycles. The van der Waals surface area contributed by atoms with E-state index in [1.807, 2.05) is 44.5 Å². The summed E-state index contributed by atoms with van der Waals surface area (Å²) in [5.41, 5.74) is 1.86. The van der Waals surface area contributed by atoms with Gasteiger partial charge in [-0.2, -0.15) is 0 Å². The molecular formula is C13H17N3O2. The van der Waals surface area contributed by atoms with Gasteiger partial charge in [-0.15, -0.1) is 0 Å². The highest BCUT2D eigenvalue weighted by Crippen LogP contribution is 2.21. The van der Waals surface area contributed by atoms with Gasteiger partial charge >= 0.3 is 6.09 Å². The van der Waals surface area contributed by atoms with Crippen molar-refractivity contribution in [3.05, 3.63) is 24.5 Å². The van der Waals surface area contributed by atoms with Crippen LogP contribution >= 0.6 is 0 Å². The van der Waals surface area contributed by atoms with Crippen LogP contribution in [0.2, 0.25) is 0 Å². The molecular weight excluding hydrogens is 230 g/mol. The van der Waals surface area contributed by atoms with Gasteiger partial charge in [0.1, 0.15) is 11.1 Å². The highest BCUT2D eigenvalue weighted by atomic mass is 16.6. The Hall–Kier alpha value is -2.04. The minimum Gasteiger partial charge on any atom is -0.444 e. The quantitative estimate of drug-likeness (QED) is 0.843. The average molecular weight is 247 g/mol. The third-order valence-corrected chi connectivity index (χ3v) is 2.39. The third-order valence-electron chi connectivity index (χ3n) is 2.39. The molecule has 18 heavy (non-hydrogen) atoms. The zero-order chi connectivity index (χ0) is 13.3. The lowest BCUT2D eigenvalue weighted by atomic mass is 10.2. The highest BCUT2D eigenvalue weighted by molar-refractivity contribution is 5.96. The summed E-state index contributed by atoms with van der Waals surface area (Å²) in [7, 11) is 1.91. The summed E-state index contributed by atoms with van der Waals surface area (Å²) in [6, 6.07) is 5.62. The Balaban J connectivity index is 2.24. The van der Waals surface area contributed by atoms with Crippen molar-refractivity contribution >= 4 is 22.8 Å². The van der Waals surface area contributed by atoms with Crippen molar-refractivity contribution in [2.75, 3.05) is 5.32 Å². The minimum absolute atomic E-state index is 0.472. The number of rotatable bonds is 1. The van der Waals surface area contributed by atoms with E-state index in [-0.39, 0.29) is 0 Å². The number of benzene rings is 1. The van der Waals surface area contributed by atoms with Crippen LogP contribution in [0.5, 0.6) is 0 Å². The van der Waals surface area contributed by atoms with Gasteiger partial charge < -0.3 is 9.30 Å². The van der Waals surface area contributed by atoms with E-state index in [2.05, 4.69) is 10.3 Å². The maximum absolute atomic E-state index is 11.7. The number of aryl methyl sites for hydroxylation is 1. The first kappa shape index (κ1) is 12.4. The number of hydrogen-bond donors (Lipinski definition) is 1. The van der Waals surface area contributed by atoms with E-state index in [4.69, 9.17) is 4.74 Å². The number of hydrogen-bond acceptors (Lipinski definition) is 3. The molecule has 0 spiro atoms. The van der Waals surface area contributed by atoms with Crippen LogP contribution in [-0.2, 0) is 11.8 Å². The summed E-state index contributed by atoms with van der Waals surface area (Å²) in [5.74, 6) is 0. The molecule has 0 saturated carbocycles. The van der Waals surface area contributed by atoms with Crippen LogP contribution < -0.4 is 5.32 Å². The molecule has 1 amide bonds. The molecule has 0 radical (unpaired) electrons. The van der Waals surface area contributed by atoms with Crippen LogP contribution in [0.25, 0.3) is 11.0 Å². The van der Waals surface area contributed by atoms with Crippen molar-refractivity contribution in [3.8, 4) is 0 Å². The molecule has 5 nitrogen and oxygen atoms in total. The van der Waals surface area contributed by atoms with Gasteiger partial charge in [-0.25, -0.2) is 9.78 Å². The fourth-order valence-electron chi connectivity index (χ4n) is 1.67. The van der Waals surface area contributed by atoms with E-state index in [1.165, 1.54) is 0 Å². The maximum atomic E-state index is 11.7. The van der Waals surface area contributed by atoms with E-state index >= 15 is 0 Å². The molecule has 96 valence electrons. The number of carbonyl (C=O) groups is 1. The third kappa shape index (κ3) is 2.61. The largest absolute Gasteiger partial charge is 0.444 e. The van der Waals surface area contributed by atoms with Gasteiger partial charge in [0.05, 0.1) is 17.5 Å². The zero-order valence-corrected chi connectivity index (χ0v) is 11.0. The summed E-state index contributed by atoms with van der Waals surface area (Å²) in [5, 5.41) is 2.72. The van der Waals surface area contributed by atoms with Crippen molar-refractivity contribution in [1.82, 2.24) is 9.55 Å². The Kier molecular flexibility index (Phi) is 2.98.